The van der Waals surface area contributed by atoms with Crippen LogP contribution in [-0.2, 0) is 20.8 Å². The lowest BCUT2D eigenvalue weighted by atomic mass is 9.95. The fourth-order valence-electron chi connectivity index (χ4n) is 5.07. The number of fused-ring (bicyclic) bond motifs is 3. The molecular weight excluding hydrogens is 346 g/mol. The number of para-hydroxylation sites is 1. The minimum Gasteiger partial charge on any atom is -0.356 e. The third-order valence-electron chi connectivity index (χ3n) is 6.22. The first-order valence-electron chi connectivity index (χ1n) is 9.61. The van der Waals surface area contributed by atoms with Crippen LogP contribution in [0, 0.1) is 0 Å². The molecule has 0 spiro atoms. The second kappa shape index (κ2) is 6.18. The van der Waals surface area contributed by atoms with E-state index in [0.717, 1.165) is 18.2 Å². The van der Waals surface area contributed by atoms with Crippen molar-refractivity contribution in [3.63, 3.8) is 0 Å². The lowest BCUT2D eigenvalue weighted by Crippen LogP contribution is -2.54. The standard InChI is InChI=1S/C20H21N3O4/c24-18-7-8-19(25)23(18)14-9-12-5-6-13(10-14)22(12)20(26)11-16-15-3-1-2-4-17(15)27-21-16/h1-4,12-14H,5-11H2. The highest BCUT2D eigenvalue weighted by atomic mass is 16.5. The zero-order valence-corrected chi connectivity index (χ0v) is 15.0. The van der Waals surface area contributed by atoms with Crippen molar-refractivity contribution >= 4 is 28.7 Å². The number of rotatable bonds is 3. The van der Waals surface area contributed by atoms with E-state index in [2.05, 4.69) is 5.16 Å². The van der Waals surface area contributed by atoms with Crippen LogP contribution in [-0.4, -0.2) is 50.8 Å². The molecule has 2 unspecified atom stereocenters. The summed E-state index contributed by atoms with van der Waals surface area (Å²) in [5.74, 6) is -0.0597. The van der Waals surface area contributed by atoms with Crippen LogP contribution in [0.2, 0.25) is 0 Å². The Hall–Kier alpha value is -2.70. The maximum absolute atomic E-state index is 13.0. The molecule has 7 nitrogen and oxygen atoms in total. The van der Waals surface area contributed by atoms with Crippen LogP contribution in [0.5, 0.6) is 0 Å². The topological polar surface area (TPSA) is 83.7 Å². The smallest absolute Gasteiger partial charge is 0.229 e. The first kappa shape index (κ1) is 16.5. The normalized spacial score (nSPS) is 27.8. The van der Waals surface area contributed by atoms with E-state index < -0.39 is 0 Å². The van der Waals surface area contributed by atoms with Crippen molar-refractivity contribution in [2.24, 2.45) is 0 Å². The summed E-state index contributed by atoms with van der Waals surface area (Å²) < 4.78 is 5.31. The van der Waals surface area contributed by atoms with E-state index >= 15 is 0 Å². The Balaban J connectivity index is 1.33. The van der Waals surface area contributed by atoms with Crippen LogP contribution >= 0.6 is 0 Å². The number of hydrogen-bond donors (Lipinski definition) is 0. The summed E-state index contributed by atoms with van der Waals surface area (Å²) >= 11 is 0. The van der Waals surface area contributed by atoms with Gasteiger partial charge in [0.25, 0.3) is 0 Å². The van der Waals surface area contributed by atoms with Crippen LogP contribution in [0.25, 0.3) is 11.0 Å². The van der Waals surface area contributed by atoms with Gasteiger partial charge in [0.1, 0.15) is 5.69 Å². The van der Waals surface area contributed by atoms with Gasteiger partial charge in [0, 0.05) is 36.4 Å². The zero-order chi connectivity index (χ0) is 18.5. The molecule has 0 aliphatic carbocycles. The van der Waals surface area contributed by atoms with E-state index in [9.17, 15) is 14.4 Å². The summed E-state index contributed by atoms with van der Waals surface area (Å²) in [6.45, 7) is 0. The van der Waals surface area contributed by atoms with Gasteiger partial charge in [0.2, 0.25) is 17.7 Å². The molecule has 5 rings (SSSR count). The monoisotopic (exact) mass is 367 g/mol. The van der Waals surface area contributed by atoms with Crippen molar-refractivity contribution < 1.29 is 18.9 Å². The van der Waals surface area contributed by atoms with Gasteiger partial charge < -0.3 is 9.42 Å². The minimum absolute atomic E-state index is 0.0538. The first-order chi connectivity index (χ1) is 13.1. The Morgan fingerprint density at radius 2 is 1.70 bits per heavy atom. The number of amides is 3. The molecule has 2 aromatic rings. The Bertz CT molecular complexity index is 906. The molecule has 1 aromatic heterocycles. The van der Waals surface area contributed by atoms with Crippen molar-refractivity contribution in [3.8, 4) is 0 Å². The molecule has 3 aliphatic heterocycles. The number of likely N-dealkylation sites (tertiary alicyclic amines) is 1. The number of carbonyl (C=O) groups excluding carboxylic acids is 3. The first-order valence-corrected chi connectivity index (χ1v) is 9.61. The number of imide groups is 1. The van der Waals surface area contributed by atoms with Gasteiger partial charge in [0.05, 0.1) is 6.42 Å². The molecule has 1 aromatic carbocycles. The quantitative estimate of drug-likeness (QED) is 0.775. The van der Waals surface area contributed by atoms with Crippen molar-refractivity contribution in [3.05, 3.63) is 30.0 Å². The van der Waals surface area contributed by atoms with Gasteiger partial charge in [-0.1, -0.05) is 17.3 Å². The molecule has 3 fully saturated rings. The highest BCUT2D eigenvalue weighted by Gasteiger charge is 2.47. The Morgan fingerprint density at radius 3 is 2.41 bits per heavy atom. The highest BCUT2D eigenvalue weighted by Crippen LogP contribution is 2.39. The summed E-state index contributed by atoms with van der Waals surface area (Å²) in [5, 5.41) is 4.95. The summed E-state index contributed by atoms with van der Waals surface area (Å²) in [4.78, 5) is 40.6. The minimum atomic E-state index is -0.0572. The Kier molecular flexibility index (Phi) is 3.77. The number of piperidine rings is 1. The van der Waals surface area contributed by atoms with Gasteiger partial charge in [-0.05, 0) is 37.8 Å². The average Bonchev–Trinajstić information content (AvgIpc) is 3.30. The zero-order valence-electron chi connectivity index (χ0n) is 15.0. The van der Waals surface area contributed by atoms with Crippen molar-refractivity contribution in [2.45, 2.75) is 63.1 Å². The molecule has 140 valence electrons. The molecule has 0 N–H and O–H groups in total. The Morgan fingerprint density at radius 1 is 1.04 bits per heavy atom. The van der Waals surface area contributed by atoms with Gasteiger partial charge >= 0.3 is 0 Å². The maximum atomic E-state index is 13.0. The molecule has 0 radical (unpaired) electrons. The van der Waals surface area contributed by atoms with E-state index in [1.165, 1.54) is 4.90 Å². The molecular formula is C20H21N3O4. The predicted molar refractivity (Wildman–Crippen MR) is 95.5 cm³/mol. The predicted octanol–water partition coefficient (Wildman–Crippen LogP) is 2.04. The molecule has 3 aliphatic rings. The number of hydrogen-bond acceptors (Lipinski definition) is 5. The molecule has 3 amide bonds. The summed E-state index contributed by atoms with van der Waals surface area (Å²) in [5.41, 5.74) is 1.36. The number of carbonyl (C=O) groups is 3. The fourth-order valence-corrected chi connectivity index (χ4v) is 5.07. The van der Waals surface area contributed by atoms with Gasteiger partial charge in [-0.3, -0.25) is 19.3 Å². The van der Waals surface area contributed by atoms with E-state index in [1.54, 1.807) is 0 Å². The SMILES string of the molecule is O=C1CCC(=O)N1C1CC2CCC(C1)N2C(=O)Cc1noc2ccccc12. The fraction of sp³-hybridized carbons (Fsp3) is 0.500. The molecule has 7 heteroatoms. The van der Waals surface area contributed by atoms with E-state index in [1.807, 2.05) is 29.2 Å². The van der Waals surface area contributed by atoms with Gasteiger partial charge in [-0.25, -0.2) is 0 Å². The maximum Gasteiger partial charge on any atom is 0.229 e. The lowest BCUT2D eigenvalue weighted by molar-refractivity contribution is -0.144. The van der Waals surface area contributed by atoms with Crippen LogP contribution < -0.4 is 0 Å². The van der Waals surface area contributed by atoms with Crippen LogP contribution in [0.4, 0.5) is 0 Å². The van der Waals surface area contributed by atoms with Crippen molar-refractivity contribution in [1.82, 2.24) is 15.0 Å². The average molecular weight is 367 g/mol. The van der Waals surface area contributed by atoms with E-state index in [-0.39, 0.29) is 42.3 Å². The molecule has 27 heavy (non-hydrogen) atoms. The van der Waals surface area contributed by atoms with Crippen LogP contribution in [0.3, 0.4) is 0 Å². The van der Waals surface area contributed by atoms with Crippen molar-refractivity contribution in [2.75, 3.05) is 0 Å². The molecule has 2 atom stereocenters. The number of benzene rings is 1. The molecule has 3 saturated heterocycles. The van der Waals surface area contributed by atoms with Gasteiger partial charge in [0.15, 0.2) is 5.58 Å². The third-order valence-corrected chi connectivity index (χ3v) is 6.22. The molecule has 2 bridgehead atoms. The second-order valence-electron chi connectivity index (χ2n) is 7.77. The summed E-state index contributed by atoms with van der Waals surface area (Å²) in [7, 11) is 0. The van der Waals surface area contributed by atoms with E-state index in [4.69, 9.17) is 4.52 Å². The largest absolute Gasteiger partial charge is 0.356 e. The molecule has 4 heterocycles. The Labute approximate surface area is 156 Å². The van der Waals surface area contributed by atoms with Crippen LogP contribution in [0.1, 0.15) is 44.2 Å². The van der Waals surface area contributed by atoms with E-state index in [0.29, 0.717) is 37.0 Å². The second-order valence-corrected chi connectivity index (χ2v) is 7.77. The summed E-state index contributed by atoms with van der Waals surface area (Å²) in [6, 6.07) is 7.69. The lowest BCUT2D eigenvalue weighted by Gasteiger charge is -2.41. The summed E-state index contributed by atoms with van der Waals surface area (Å²) in [6.07, 6.45) is 4.12. The van der Waals surface area contributed by atoms with Crippen molar-refractivity contribution in [1.29, 1.82) is 0 Å². The van der Waals surface area contributed by atoms with Crippen LogP contribution in [0.15, 0.2) is 28.8 Å². The third kappa shape index (κ3) is 2.64. The number of nitrogens with zero attached hydrogens (tertiary/aromatic N) is 3. The van der Waals surface area contributed by atoms with Gasteiger partial charge in [-0.15, -0.1) is 0 Å². The molecule has 0 saturated carbocycles. The van der Waals surface area contributed by atoms with Gasteiger partial charge in [-0.2, -0.15) is 0 Å². The number of aromatic nitrogens is 1. The highest BCUT2D eigenvalue weighted by molar-refractivity contribution is 6.02.